The molecule has 1 aliphatic heterocycles. The summed E-state index contributed by atoms with van der Waals surface area (Å²) in [7, 11) is 0. The van der Waals surface area contributed by atoms with E-state index in [0.717, 1.165) is 67.6 Å². The molecule has 162 valence electrons. The summed E-state index contributed by atoms with van der Waals surface area (Å²) in [6, 6.07) is 8.51. The molecule has 6 heteroatoms. The number of morpholine rings is 1. The van der Waals surface area contributed by atoms with Crippen molar-refractivity contribution in [2.45, 2.75) is 45.6 Å². The molecule has 1 atom stereocenters. The maximum atomic E-state index is 5.41. The van der Waals surface area contributed by atoms with Gasteiger partial charge in [0.2, 0.25) is 0 Å². The highest BCUT2D eigenvalue weighted by Crippen LogP contribution is 2.23. The smallest absolute Gasteiger partial charge is 0.159 e. The van der Waals surface area contributed by atoms with E-state index in [-0.39, 0.29) is 0 Å². The normalized spacial score (nSPS) is 15.9. The van der Waals surface area contributed by atoms with Crippen molar-refractivity contribution in [1.82, 2.24) is 24.8 Å². The zero-order valence-corrected chi connectivity index (χ0v) is 18.7. The molecule has 0 spiro atoms. The quantitative estimate of drug-likeness (QED) is 0.573. The van der Waals surface area contributed by atoms with Crippen LogP contribution in [0.5, 0.6) is 0 Å². The summed E-state index contributed by atoms with van der Waals surface area (Å²) in [6.07, 6.45) is 8.73. The van der Waals surface area contributed by atoms with E-state index in [1.54, 1.807) is 0 Å². The van der Waals surface area contributed by atoms with Crippen LogP contribution in [-0.2, 0) is 17.7 Å². The Morgan fingerprint density at radius 1 is 0.903 bits per heavy atom. The van der Waals surface area contributed by atoms with Gasteiger partial charge in [-0.15, -0.1) is 0 Å². The SMILES string of the molecule is CC(C)c1cnc(-c2cccc(C[C@H](C)c3cnc(CN4CCOCC4)nc3)c2)nc1. The van der Waals surface area contributed by atoms with Crippen molar-refractivity contribution in [3.63, 3.8) is 0 Å². The van der Waals surface area contributed by atoms with Crippen LogP contribution in [0.3, 0.4) is 0 Å². The second-order valence-corrected chi connectivity index (χ2v) is 8.62. The van der Waals surface area contributed by atoms with E-state index in [1.165, 1.54) is 5.56 Å². The van der Waals surface area contributed by atoms with Gasteiger partial charge >= 0.3 is 0 Å². The molecule has 1 aliphatic rings. The van der Waals surface area contributed by atoms with Crippen molar-refractivity contribution >= 4 is 0 Å². The Morgan fingerprint density at radius 2 is 1.58 bits per heavy atom. The fourth-order valence-corrected chi connectivity index (χ4v) is 3.75. The zero-order chi connectivity index (χ0) is 21.6. The molecular weight excluding hydrogens is 386 g/mol. The van der Waals surface area contributed by atoms with Gasteiger partial charge in [-0.3, -0.25) is 4.90 Å². The first kappa shape index (κ1) is 21.5. The van der Waals surface area contributed by atoms with E-state index in [1.807, 2.05) is 24.8 Å². The Balaban J connectivity index is 1.40. The van der Waals surface area contributed by atoms with Crippen LogP contribution in [0.25, 0.3) is 11.4 Å². The number of benzene rings is 1. The van der Waals surface area contributed by atoms with E-state index in [4.69, 9.17) is 4.74 Å². The van der Waals surface area contributed by atoms with E-state index in [0.29, 0.717) is 11.8 Å². The Morgan fingerprint density at radius 3 is 2.26 bits per heavy atom. The van der Waals surface area contributed by atoms with Gasteiger partial charge in [-0.05, 0) is 41.0 Å². The average Bonchev–Trinajstić information content (AvgIpc) is 2.80. The molecule has 1 saturated heterocycles. The van der Waals surface area contributed by atoms with Gasteiger partial charge in [0, 0.05) is 43.4 Å². The van der Waals surface area contributed by atoms with E-state index < -0.39 is 0 Å². The van der Waals surface area contributed by atoms with Crippen molar-refractivity contribution in [1.29, 1.82) is 0 Å². The van der Waals surface area contributed by atoms with Crippen LogP contribution in [0, 0.1) is 0 Å². The van der Waals surface area contributed by atoms with Crippen LogP contribution in [0.4, 0.5) is 0 Å². The molecule has 0 unspecified atom stereocenters. The van der Waals surface area contributed by atoms with Crippen molar-refractivity contribution in [3.8, 4) is 11.4 Å². The van der Waals surface area contributed by atoms with Gasteiger partial charge in [-0.25, -0.2) is 19.9 Å². The van der Waals surface area contributed by atoms with Crippen molar-refractivity contribution in [3.05, 3.63) is 71.6 Å². The summed E-state index contributed by atoms with van der Waals surface area (Å²) in [4.78, 5) is 20.7. The summed E-state index contributed by atoms with van der Waals surface area (Å²) in [5.41, 5.74) is 4.63. The first-order chi connectivity index (χ1) is 15.1. The lowest BCUT2D eigenvalue weighted by molar-refractivity contribution is 0.0330. The Labute approximate surface area is 184 Å². The van der Waals surface area contributed by atoms with Crippen LogP contribution in [0.15, 0.2) is 49.1 Å². The Hall–Kier alpha value is -2.70. The van der Waals surface area contributed by atoms with Gasteiger partial charge in [0.05, 0.1) is 19.8 Å². The highest BCUT2D eigenvalue weighted by Gasteiger charge is 2.14. The molecule has 31 heavy (non-hydrogen) atoms. The number of hydrogen-bond acceptors (Lipinski definition) is 6. The molecule has 1 fully saturated rings. The lowest BCUT2D eigenvalue weighted by atomic mass is 9.95. The maximum Gasteiger partial charge on any atom is 0.159 e. The van der Waals surface area contributed by atoms with Crippen molar-refractivity contribution in [2.75, 3.05) is 26.3 Å². The first-order valence-corrected chi connectivity index (χ1v) is 11.1. The number of ether oxygens (including phenoxy) is 1. The second kappa shape index (κ2) is 10.1. The molecule has 0 aliphatic carbocycles. The van der Waals surface area contributed by atoms with Crippen molar-refractivity contribution < 1.29 is 4.74 Å². The minimum atomic E-state index is 0.330. The molecule has 0 saturated carbocycles. The van der Waals surface area contributed by atoms with Gasteiger partial charge < -0.3 is 4.74 Å². The molecule has 0 radical (unpaired) electrons. The predicted octanol–water partition coefficient (Wildman–Crippen LogP) is 4.24. The molecule has 0 amide bonds. The topological polar surface area (TPSA) is 64.0 Å². The zero-order valence-electron chi connectivity index (χ0n) is 18.7. The van der Waals surface area contributed by atoms with Gasteiger partial charge in [0.1, 0.15) is 5.82 Å². The largest absolute Gasteiger partial charge is 0.379 e. The minimum absolute atomic E-state index is 0.330. The van der Waals surface area contributed by atoms with Crippen LogP contribution >= 0.6 is 0 Å². The van der Waals surface area contributed by atoms with E-state index in [2.05, 4.69) is 69.9 Å². The van der Waals surface area contributed by atoms with Gasteiger partial charge in [-0.2, -0.15) is 0 Å². The number of aromatic nitrogens is 4. The highest BCUT2D eigenvalue weighted by molar-refractivity contribution is 5.56. The Bertz CT molecular complexity index is 966. The monoisotopic (exact) mass is 417 g/mol. The predicted molar refractivity (Wildman–Crippen MR) is 122 cm³/mol. The number of hydrogen-bond donors (Lipinski definition) is 0. The summed E-state index contributed by atoms with van der Waals surface area (Å²) >= 11 is 0. The molecule has 4 rings (SSSR count). The summed E-state index contributed by atoms with van der Waals surface area (Å²) < 4.78 is 5.41. The third-order valence-corrected chi connectivity index (χ3v) is 5.83. The van der Waals surface area contributed by atoms with Crippen LogP contribution in [0.1, 0.15) is 55.1 Å². The molecule has 0 N–H and O–H groups in total. The second-order valence-electron chi connectivity index (χ2n) is 8.62. The molecular formula is C25H31N5O. The fraction of sp³-hybridized carbons (Fsp3) is 0.440. The lowest BCUT2D eigenvalue weighted by Gasteiger charge is -2.25. The lowest BCUT2D eigenvalue weighted by Crippen LogP contribution is -2.36. The standard InChI is InChI=1S/C25H31N5O/c1-18(2)22-13-28-25(29-14-22)21-6-4-5-20(12-21)11-19(3)23-15-26-24(27-16-23)17-30-7-9-31-10-8-30/h4-6,12-16,18-19H,7-11,17H2,1-3H3/t19-/m0/s1. The molecule has 3 heterocycles. The maximum absolute atomic E-state index is 5.41. The summed E-state index contributed by atoms with van der Waals surface area (Å²) in [6.45, 7) is 10.8. The summed E-state index contributed by atoms with van der Waals surface area (Å²) in [5, 5.41) is 0. The molecule has 0 bridgehead atoms. The average molecular weight is 418 g/mol. The third-order valence-electron chi connectivity index (χ3n) is 5.83. The van der Waals surface area contributed by atoms with Gasteiger partial charge in [-0.1, -0.05) is 39.0 Å². The molecule has 2 aromatic heterocycles. The number of rotatable bonds is 7. The van der Waals surface area contributed by atoms with Crippen LogP contribution in [0.2, 0.25) is 0 Å². The molecule has 1 aromatic carbocycles. The van der Waals surface area contributed by atoms with Crippen LogP contribution < -0.4 is 0 Å². The number of nitrogens with zero attached hydrogens (tertiary/aromatic N) is 5. The molecule has 3 aromatic rings. The highest BCUT2D eigenvalue weighted by atomic mass is 16.5. The third kappa shape index (κ3) is 5.71. The van der Waals surface area contributed by atoms with Gasteiger partial charge in [0.15, 0.2) is 5.82 Å². The molecule has 6 nitrogen and oxygen atoms in total. The van der Waals surface area contributed by atoms with Crippen molar-refractivity contribution in [2.24, 2.45) is 0 Å². The van der Waals surface area contributed by atoms with Gasteiger partial charge in [0.25, 0.3) is 0 Å². The van der Waals surface area contributed by atoms with E-state index >= 15 is 0 Å². The fourth-order valence-electron chi connectivity index (χ4n) is 3.75. The summed E-state index contributed by atoms with van der Waals surface area (Å²) in [5.74, 6) is 2.41. The van der Waals surface area contributed by atoms with Crippen LogP contribution in [-0.4, -0.2) is 51.1 Å². The Kier molecular flexibility index (Phi) is 6.99. The first-order valence-electron chi connectivity index (χ1n) is 11.1. The minimum Gasteiger partial charge on any atom is -0.379 e. The van der Waals surface area contributed by atoms with E-state index in [9.17, 15) is 0 Å².